The lowest BCUT2D eigenvalue weighted by atomic mass is 10.0. The molecule has 1 unspecified atom stereocenters. The van der Waals surface area contributed by atoms with Gasteiger partial charge in [0.1, 0.15) is 5.75 Å². The minimum atomic E-state index is -3.16. The summed E-state index contributed by atoms with van der Waals surface area (Å²) in [5.74, 6) is 0.448. The molecule has 1 aliphatic rings. The summed E-state index contributed by atoms with van der Waals surface area (Å²) < 4.78 is 30.1. The molecule has 3 aromatic rings. The van der Waals surface area contributed by atoms with E-state index in [1.165, 1.54) is 0 Å². The summed E-state index contributed by atoms with van der Waals surface area (Å²) in [5, 5.41) is 1.13. The average Bonchev–Trinajstić information content (AvgIpc) is 3.15. The van der Waals surface area contributed by atoms with Gasteiger partial charge in [0.25, 0.3) is 5.91 Å². The molecule has 1 saturated heterocycles. The molecule has 0 saturated carbocycles. The molecular formula is C27H27Cl2NO4S. The monoisotopic (exact) mass is 531 g/mol. The maximum atomic E-state index is 13.2. The second-order valence-electron chi connectivity index (χ2n) is 9.01. The fourth-order valence-electron chi connectivity index (χ4n) is 4.40. The van der Waals surface area contributed by atoms with Crippen LogP contribution in [0.25, 0.3) is 11.1 Å². The van der Waals surface area contributed by atoms with Gasteiger partial charge < -0.3 is 9.64 Å². The summed E-state index contributed by atoms with van der Waals surface area (Å²) in [6, 6.07) is 18.5. The number of rotatable bonds is 7. The highest BCUT2D eigenvalue weighted by atomic mass is 35.5. The Morgan fingerprint density at radius 3 is 2.29 bits per heavy atom. The third-order valence-electron chi connectivity index (χ3n) is 6.08. The van der Waals surface area contributed by atoms with Crippen LogP contribution in [0.4, 0.5) is 0 Å². The van der Waals surface area contributed by atoms with Gasteiger partial charge in [-0.25, -0.2) is 8.42 Å². The Balaban J connectivity index is 1.52. The number of amides is 1. The topological polar surface area (TPSA) is 63.7 Å². The molecule has 5 nitrogen and oxygen atoms in total. The SMILES string of the molecule is Cc1cc(C)cc(OCC(=O)N(Cc2ccc(-c3ccc(Cl)cc3Cl)cc2)C2CCS(=O)(=O)C2)c1. The molecule has 1 fully saturated rings. The quantitative estimate of drug-likeness (QED) is 0.382. The molecule has 184 valence electrons. The van der Waals surface area contributed by atoms with Crippen LogP contribution in [0.1, 0.15) is 23.1 Å². The highest BCUT2D eigenvalue weighted by Gasteiger charge is 2.34. The summed E-state index contributed by atoms with van der Waals surface area (Å²) in [5.41, 5.74) is 4.77. The van der Waals surface area contributed by atoms with Gasteiger partial charge in [-0.05, 0) is 66.8 Å². The fraction of sp³-hybridized carbons (Fsp3) is 0.296. The lowest BCUT2D eigenvalue weighted by Gasteiger charge is -2.28. The standard InChI is InChI=1S/C27H27Cl2NO4S/c1-18-11-19(2)13-24(12-18)34-16-27(31)30(23-9-10-35(32,33)17-23)15-20-3-5-21(6-4-20)25-8-7-22(28)14-26(25)29/h3-8,11-14,23H,9-10,15-17H2,1-2H3. The first-order chi connectivity index (χ1) is 16.6. The first-order valence-corrected chi connectivity index (χ1v) is 13.9. The van der Waals surface area contributed by atoms with Crippen LogP contribution in [0.3, 0.4) is 0 Å². The summed E-state index contributed by atoms with van der Waals surface area (Å²) in [4.78, 5) is 14.9. The largest absolute Gasteiger partial charge is 0.484 e. The summed E-state index contributed by atoms with van der Waals surface area (Å²) in [6.07, 6.45) is 0.427. The van der Waals surface area contributed by atoms with Crippen molar-refractivity contribution in [2.45, 2.75) is 32.9 Å². The van der Waals surface area contributed by atoms with Crippen LogP contribution in [0.15, 0.2) is 60.7 Å². The average molecular weight is 532 g/mol. The number of nitrogens with zero attached hydrogens (tertiary/aromatic N) is 1. The van der Waals surface area contributed by atoms with E-state index in [2.05, 4.69) is 0 Å². The zero-order valence-electron chi connectivity index (χ0n) is 19.6. The maximum absolute atomic E-state index is 13.2. The molecule has 0 N–H and O–H groups in total. The molecular weight excluding hydrogens is 505 g/mol. The van der Waals surface area contributed by atoms with Crippen molar-refractivity contribution in [3.05, 3.63) is 87.4 Å². The van der Waals surface area contributed by atoms with Gasteiger partial charge in [-0.1, -0.05) is 59.6 Å². The normalized spacial score (nSPS) is 16.7. The summed E-state index contributed by atoms with van der Waals surface area (Å²) >= 11 is 12.3. The zero-order chi connectivity index (χ0) is 25.2. The Morgan fingerprint density at radius 1 is 1.00 bits per heavy atom. The minimum Gasteiger partial charge on any atom is -0.484 e. The van der Waals surface area contributed by atoms with E-state index in [-0.39, 0.29) is 30.1 Å². The molecule has 8 heteroatoms. The smallest absolute Gasteiger partial charge is 0.261 e. The number of benzene rings is 3. The predicted molar refractivity (Wildman–Crippen MR) is 141 cm³/mol. The molecule has 3 aromatic carbocycles. The maximum Gasteiger partial charge on any atom is 0.261 e. The number of hydrogen-bond acceptors (Lipinski definition) is 4. The molecule has 0 aromatic heterocycles. The van der Waals surface area contributed by atoms with E-state index in [9.17, 15) is 13.2 Å². The van der Waals surface area contributed by atoms with Crippen LogP contribution in [0.5, 0.6) is 5.75 Å². The Bertz CT molecular complexity index is 1320. The lowest BCUT2D eigenvalue weighted by molar-refractivity contribution is -0.136. The Hall–Kier alpha value is -2.54. The van der Waals surface area contributed by atoms with Crippen molar-refractivity contribution < 1.29 is 17.9 Å². The second kappa shape index (κ2) is 10.6. The van der Waals surface area contributed by atoms with Gasteiger partial charge in [0.05, 0.1) is 11.5 Å². The summed E-state index contributed by atoms with van der Waals surface area (Å²) in [7, 11) is -3.16. The van der Waals surface area contributed by atoms with Gasteiger partial charge in [0.15, 0.2) is 16.4 Å². The van der Waals surface area contributed by atoms with Crippen molar-refractivity contribution >= 4 is 38.9 Å². The van der Waals surface area contributed by atoms with E-state index in [0.29, 0.717) is 28.8 Å². The number of ether oxygens (including phenoxy) is 1. The second-order valence-corrected chi connectivity index (χ2v) is 12.1. The third kappa shape index (κ3) is 6.57. The van der Waals surface area contributed by atoms with Crippen molar-refractivity contribution in [2.24, 2.45) is 0 Å². The Morgan fingerprint density at radius 2 is 1.69 bits per heavy atom. The molecule has 0 bridgehead atoms. The van der Waals surface area contributed by atoms with Gasteiger partial charge >= 0.3 is 0 Å². The lowest BCUT2D eigenvalue weighted by Crippen LogP contribution is -2.43. The van der Waals surface area contributed by atoms with Crippen LogP contribution in [-0.4, -0.2) is 43.4 Å². The van der Waals surface area contributed by atoms with E-state index in [1.807, 2.05) is 62.4 Å². The molecule has 1 aliphatic heterocycles. The van der Waals surface area contributed by atoms with Crippen LogP contribution in [0, 0.1) is 13.8 Å². The van der Waals surface area contributed by atoms with Crippen molar-refractivity contribution in [1.29, 1.82) is 0 Å². The zero-order valence-corrected chi connectivity index (χ0v) is 22.0. The van der Waals surface area contributed by atoms with Crippen molar-refractivity contribution in [1.82, 2.24) is 4.90 Å². The fourth-order valence-corrected chi connectivity index (χ4v) is 6.64. The third-order valence-corrected chi connectivity index (χ3v) is 8.37. The summed E-state index contributed by atoms with van der Waals surface area (Å²) in [6.45, 7) is 4.08. The predicted octanol–water partition coefficient (Wildman–Crippen LogP) is 5.87. The number of carbonyl (C=O) groups is 1. The molecule has 0 spiro atoms. The molecule has 0 radical (unpaired) electrons. The number of halogens is 2. The molecule has 1 atom stereocenters. The van der Waals surface area contributed by atoms with Crippen molar-refractivity contribution in [3.8, 4) is 16.9 Å². The van der Waals surface area contributed by atoms with E-state index in [1.54, 1.807) is 17.0 Å². The molecule has 0 aliphatic carbocycles. The van der Waals surface area contributed by atoms with Crippen molar-refractivity contribution in [2.75, 3.05) is 18.1 Å². The first-order valence-electron chi connectivity index (χ1n) is 11.3. The van der Waals surface area contributed by atoms with Gasteiger partial charge in [0.2, 0.25) is 0 Å². The van der Waals surface area contributed by atoms with Gasteiger partial charge in [-0.2, -0.15) is 0 Å². The molecule has 35 heavy (non-hydrogen) atoms. The number of carbonyl (C=O) groups excluding carboxylic acids is 1. The van der Waals surface area contributed by atoms with E-state index in [4.69, 9.17) is 27.9 Å². The van der Waals surface area contributed by atoms with Crippen LogP contribution in [-0.2, 0) is 21.2 Å². The van der Waals surface area contributed by atoms with Gasteiger partial charge in [-0.3, -0.25) is 4.79 Å². The molecule has 4 rings (SSSR count). The highest BCUT2D eigenvalue weighted by molar-refractivity contribution is 7.91. The highest BCUT2D eigenvalue weighted by Crippen LogP contribution is 2.31. The van der Waals surface area contributed by atoms with E-state index < -0.39 is 9.84 Å². The number of hydrogen-bond donors (Lipinski definition) is 0. The van der Waals surface area contributed by atoms with Crippen molar-refractivity contribution in [3.63, 3.8) is 0 Å². The number of aryl methyl sites for hydroxylation is 2. The van der Waals surface area contributed by atoms with Crippen LogP contribution >= 0.6 is 23.2 Å². The van der Waals surface area contributed by atoms with E-state index in [0.717, 1.165) is 27.8 Å². The first kappa shape index (κ1) is 25.5. The minimum absolute atomic E-state index is 0.0270. The van der Waals surface area contributed by atoms with E-state index >= 15 is 0 Å². The van der Waals surface area contributed by atoms with Crippen LogP contribution < -0.4 is 4.74 Å². The van der Waals surface area contributed by atoms with Gasteiger partial charge in [0, 0.05) is 28.2 Å². The Kier molecular flexibility index (Phi) is 7.74. The number of sulfone groups is 1. The molecule has 1 heterocycles. The molecule has 1 amide bonds. The van der Waals surface area contributed by atoms with Gasteiger partial charge in [-0.15, -0.1) is 0 Å². The van der Waals surface area contributed by atoms with Crippen LogP contribution in [0.2, 0.25) is 10.0 Å². The Labute approximate surface area is 216 Å².